The van der Waals surface area contributed by atoms with Crippen LogP contribution in [0, 0.1) is 0 Å². The number of aromatic nitrogens is 4. The van der Waals surface area contributed by atoms with E-state index in [-0.39, 0.29) is 24.0 Å². The van der Waals surface area contributed by atoms with Crippen LogP contribution in [0.1, 0.15) is 49.5 Å². The second kappa shape index (κ2) is 13.4. The Labute approximate surface area is 205 Å². The zero-order valence-corrected chi connectivity index (χ0v) is 21.5. The lowest BCUT2D eigenvalue weighted by Crippen LogP contribution is -2.38. The number of hydrogen-bond donors (Lipinski definition) is 2. The van der Waals surface area contributed by atoms with Crippen LogP contribution in [-0.4, -0.2) is 52.1 Å². The van der Waals surface area contributed by atoms with Crippen LogP contribution in [-0.2, 0) is 12.8 Å². The van der Waals surface area contributed by atoms with Crippen LogP contribution in [0.4, 0.5) is 0 Å². The highest BCUT2D eigenvalue weighted by Crippen LogP contribution is 2.33. The number of aliphatic imine (C=N–C) groups is 1. The molecular weight excluding hydrogens is 533 g/mol. The summed E-state index contributed by atoms with van der Waals surface area (Å²) in [7, 11) is 1.79. The number of hydrogen-bond acceptors (Lipinski definition) is 5. The van der Waals surface area contributed by atoms with Crippen molar-refractivity contribution in [1.29, 1.82) is 0 Å². The lowest BCUT2D eigenvalue weighted by Gasteiger charge is -2.16. The van der Waals surface area contributed by atoms with Crippen molar-refractivity contribution in [3.8, 4) is 0 Å². The van der Waals surface area contributed by atoms with Crippen LogP contribution in [0.3, 0.4) is 0 Å². The molecule has 0 amide bonds. The van der Waals surface area contributed by atoms with Crippen LogP contribution < -0.4 is 10.6 Å². The predicted octanol–water partition coefficient (Wildman–Crippen LogP) is 4.12. The van der Waals surface area contributed by atoms with Crippen molar-refractivity contribution in [2.45, 2.75) is 56.1 Å². The van der Waals surface area contributed by atoms with Crippen molar-refractivity contribution >= 4 is 53.3 Å². The molecule has 0 spiro atoms. The van der Waals surface area contributed by atoms with E-state index in [0.29, 0.717) is 11.2 Å². The van der Waals surface area contributed by atoms with E-state index in [2.05, 4.69) is 41.6 Å². The predicted molar refractivity (Wildman–Crippen MR) is 135 cm³/mol. The van der Waals surface area contributed by atoms with Crippen molar-refractivity contribution in [2.24, 2.45) is 4.99 Å². The van der Waals surface area contributed by atoms with Gasteiger partial charge in [-0.15, -0.1) is 34.2 Å². The van der Waals surface area contributed by atoms with Gasteiger partial charge in [-0.2, -0.15) is 0 Å². The maximum Gasteiger partial charge on any atom is 0.191 e. The van der Waals surface area contributed by atoms with Crippen LogP contribution >= 0.6 is 47.3 Å². The molecule has 2 aromatic rings. The van der Waals surface area contributed by atoms with E-state index in [4.69, 9.17) is 11.6 Å². The van der Waals surface area contributed by atoms with Gasteiger partial charge in [0.1, 0.15) is 11.0 Å². The summed E-state index contributed by atoms with van der Waals surface area (Å²) in [5, 5.41) is 17.1. The van der Waals surface area contributed by atoms with E-state index in [0.717, 1.165) is 54.9 Å². The largest absolute Gasteiger partial charge is 0.356 e. The number of thioether (sulfide) groups is 1. The fourth-order valence-electron chi connectivity index (χ4n) is 3.70. The number of aryl methyl sites for hydroxylation is 1. The summed E-state index contributed by atoms with van der Waals surface area (Å²) < 4.78 is 2.38. The number of guanidine groups is 1. The van der Waals surface area contributed by atoms with Crippen LogP contribution in [0.25, 0.3) is 0 Å². The van der Waals surface area contributed by atoms with Crippen molar-refractivity contribution in [3.05, 3.63) is 34.9 Å². The minimum atomic E-state index is 0. The number of nitrogens with zero attached hydrogens (tertiary/aromatic N) is 5. The molecule has 0 unspecified atom stereocenters. The van der Waals surface area contributed by atoms with Crippen LogP contribution in [0.2, 0.25) is 5.15 Å². The van der Waals surface area contributed by atoms with Crippen LogP contribution in [0.5, 0.6) is 0 Å². The minimum absolute atomic E-state index is 0. The molecule has 0 bridgehead atoms. The van der Waals surface area contributed by atoms with Crippen molar-refractivity contribution in [3.63, 3.8) is 0 Å². The van der Waals surface area contributed by atoms with E-state index in [9.17, 15) is 0 Å². The first-order valence-corrected chi connectivity index (χ1v) is 11.8. The molecule has 0 radical (unpaired) electrons. The van der Waals surface area contributed by atoms with Crippen LogP contribution in [0.15, 0.2) is 28.5 Å². The zero-order chi connectivity index (χ0) is 20.5. The van der Waals surface area contributed by atoms with Gasteiger partial charge in [0.05, 0.1) is 0 Å². The molecular formula is C20H31ClIN7S. The maximum absolute atomic E-state index is 5.82. The van der Waals surface area contributed by atoms with Gasteiger partial charge in [0.2, 0.25) is 0 Å². The second-order valence-corrected chi connectivity index (χ2v) is 8.34. The molecule has 7 nitrogen and oxygen atoms in total. The Morgan fingerprint density at radius 3 is 2.63 bits per heavy atom. The monoisotopic (exact) mass is 563 g/mol. The highest BCUT2D eigenvalue weighted by atomic mass is 127. The Balaban J connectivity index is 0.00000320. The smallest absolute Gasteiger partial charge is 0.191 e. The molecule has 0 atom stereocenters. The number of nitrogens with one attached hydrogen (secondary N) is 2. The van der Waals surface area contributed by atoms with E-state index < -0.39 is 0 Å². The number of halogens is 2. The quantitative estimate of drug-likeness (QED) is 0.119. The Hall–Kier alpha value is -1.07. The summed E-state index contributed by atoms with van der Waals surface area (Å²) in [6.45, 7) is 1.63. The minimum Gasteiger partial charge on any atom is -0.356 e. The molecule has 10 heteroatoms. The molecule has 0 aliphatic heterocycles. The van der Waals surface area contributed by atoms with Crippen molar-refractivity contribution in [1.82, 2.24) is 30.4 Å². The normalized spacial score (nSPS) is 14.6. The molecule has 1 fully saturated rings. The molecule has 1 aliphatic rings. The molecule has 2 aromatic heterocycles. The Morgan fingerprint density at radius 1 is 1.20 bits per heavy atom. The first kappa shape index (κ1) is 25.2. The Morgan fingerprint density at radius 2 is 1.97 bits per heavy atom. The maximum atomic E-state index is 5.82. The lowest BCUT2D eigenvalue weighted by atomic mass is 10.2. The average Bonchev–Trinajstić information content (AvgIpc) is 3.40. The molecule has 2 N–H and O–H groups in total. The molecule has 3 rings (SSSR count). The van der Waals surface area contributed by atoms with Crippen molar-refractivity contribution in [2.75, 3.05) is 26.4 Å². The third-order valence-corrected chi connectivity index (χ3v) is 6.06. The van der Waals surface area contributed by atoms with Gasteiger partial charge in [-0.1, -0.05) is 42.3 Å². The van der Waals surface area contributed by atoms with E-state index in [1.54, 1.807) is 18.8 Å². The van der Waals surface area contributed by atoms with Crippen molar-refractivity contribution < 1.29 is 0 Å². The van der Waals surface area contributed by atoms with Gasteiger partial charge in [0.25, 0.3) is 0 Å². The number of rotatable bonds is 9. The number of pyridine rings is 1. The standard InChI is InChI=1S/C20H30ClN7S.HI/c1-22-19(24-13-11-15-9-10-17(21)25-14-15)23-12-5-8-18-26-27-20(29-2)28(18)16-6-3-4-7-16;/h9-10,14,16H,3-8,11-13H2,1-2H3,(H2,22,23,24);1H. The molecule has 0 saturated heterocycles. The highest BCUT2D eigenvalue weighted by Gasteiger charge is 2.23. The summed E-state index contributed by atoms with van der Waals surface area (Å²) in [5.41, 5.74) is 1.15. The lowest BCUT2D eigenvalue weighted by molar-refractivity contribution is 0.460. The highest BCUT2D eigenvalue weighted by molar-refractivity contribution is 14.0. The summed E-state index contributed by atoms with van der Waals surface area (Å²) in [6.07, 6.45) is 11.8. The fourth-order valence-corrected chi connectivity index (χ4v) is 4.39. The van der Waals surface area contributed by atoms with Gasteiger partial charge < -0.3 is 15.2 Å². The summed E-state index contributed by atoms with van der Waals surface area (Å²) in [6, 6.07) is 4.39. The third kappa shape index (κ3) is 7.26. The molecule has 0 aromatic carbocycles. The van der Waals surface area contributed by atoms with Gasteiger partial charge in [0.15, 0.2) is 11.1 Å². The molecule has 166 valence electrons. The zero-order valence-electron chi connectivity index (χ0n) is 17.6. The van der Waals surface area contributed by atoms with Gasteiger partial charge in [-0.3, -0.25) is 4.99 Å². The summed E-state index contributed by atoms with van der Waals surface area (Å²) >= 11 is 7.51. The topological polar surface area (TPSA) is 80.0 Å². The third-order valence-electron chi connectivity index (χ3n) is 5.20. The van der Waals surface area contributed by atoms with E-state index in [1.807, 2.05) is 18.3 Å². The van der Waals surface area contributed by atoms with Gasteiger partial charge in [-0.05, 0) is 43.6 Å². The SMILES string of the molecule is CN=C(NCCCc1nnc(SC)n1C1CCCC1)NCCc1ccc(Cl)nc1.I. The van der Waals surface area contributed by atoms with Gasteiger partial charge in [0, 0.05) is 38.8 Å². The first-order chi connectivity index (χ1) is 14.2. The molecule has 1 aliphatic carbocycles. The Kier molecular flexibility index (Phi) is 11.2. The average molecular weight is 564 g/mol. The summed E-state index contributed by atoms with van der Waals surface area (Å²) in [4.78, 5) is 8.40. The van der Waals surface area contributed by atoms with E-state index in [1.165, 1.54) is 25.7 Å². The van der Waals surface area contributed by atoms with Gasteiger partial charge in [-0.25, -0.2) is 4.98 Å². The summed E-state index contributed by atoms with van der Waals surface area (Å²) in [5.74, 6) is 1.93. The second-order valence-electron chi connectivity index (χ2n) is 7.18. The molecule has 30 heavy (non-hydrogen) atoms. The first-order valence-electron chi connectivity index (χ1n) is 10.2. The fraction of sp³-hybridized carbons (Fsp3) is 0.600. The Bertz CT molecular complexity index is 791. The molecule has 2 heterocycles. The molecule has 1 saturated carbocycles. The van der Waals surface area contributed by atoms with E-state index >= 15 is 0 Å². The van der Waals surface area contributed by atoms with Gasteiger partial charge >= 0.3 is 0 Å².